The predicted molar refractivity (Wildman–Crippen MR) is 25.6 cm³/mol. The Bertz CT molecular complexity index is 82.1. The summed E-state index contributed by atoms with van der Waals surface area (Å²) in [6.45, 7) is 0. The SMILES string of the molecule is [Na].c1cnnnc1. The summed E-state index contributed by atoms with van der Waals surface area (Å²) in [4.78, 5) is 0. The van der Waals surface area contributed by atoms with E-state index in [2.05, 4.69) is 15.4 Å². The molecule has 0 aliphatic rings. The molecule has 4 heteroatoms. The third kappa shape index (κ3) is 2.68. The number of hydrogen-bond acceptors (Lipinski definition) is 3. The summed E-state index contributed by atoms with van der Waals surface area (Å²) in [5.41, 5.74) is 0. The first-order chi connectivity index (χ1) is 3.00. The van der Waals surface area contributed by atoms with Gasteiger partial charge >= 0.3 is 0 Å². The van der Waals surface area contributed by atoms with E-state index in [9.17, 15) is 0 Å². The Morgan fingerprint density at radius 2 is 1.57 bits per heavy atom. The first kappa shape index (κ1) is 7.01. The Balaban J connectivity index is 0.000000360. The average Bonchev–Trinajstić information content (AvgIpc) is 1.72. The van der Waals surface area contributed by atoms with Crippen LogP contribution in [0.4, 0.5) is 0 Å². The van der Waals surface area contributed by atoms with Gasteiger partial charge in [-0.1, -0.05) is 0 Å². The molecule has 1 aromatic rings. The molecule has 1 heterocycles. The van der Waals surface area contributed by atoms with Gasteiger partial charge in [0.2, 0.25) is 0 Å². The molecule has 0 saturated heterocycles. The zero-order chi connectivity index (χ0) is 4.24. The zero-order valence-corrected chi connectivity index (χ0v) is 6.07. The summed E-state index contributed by atoms with van der Waals surface area (Å²) in [6.07, 6.45) is 3.15. The van der Waals surface area contributed by atoms with Gasteiger partial charge in [-0.05, 0) is 11.3 Å². The molecule has 0 atom stereocenters. The van der Waals surface area contributed by atoms with Gasteiger partial charge in [-0.3, -0.25) is 0 Å². The normalized spacial score (nSPS) is 6.86. The maximum absolute atomic E-state index is 3.42. The number of nitrogens with zero attached hydrogens (tertiary/aromatic N) is 3. The van der Waals surface area contributed by atoms with Crippen LogP contribution in [-0.2, 0) is 0 Å². The van der Waals surface area contributed by atoms with Crippen molar-refractivity contribution in [2.24, 2.45) is 0 Å². The van der Waals surface area contributed by atoms with Crippen molar-refractivity contribution < 1.29 is 0 Å². The molecular weight excluding hydrogens is 101 g/mol. The van der Waals surface area contributed by atoms with Crippen molar-refractivity contribution in [1.82, 2.24) is 15.4 Å². The molecule has 7 heavy (non-hydrogen) atoms. The van der Waals surface area contributed by atoms with Gasteiger partial charge in [0.1, 0.15) is 0 Å². The van der Waals surface area contributed by atoms with Crippen molar-refractivity contribution in [1.29, 1.82) is 0 Å². The Kier molecular flexibility index (Phi) is 4.18. The minimum absolute atomic E-state index is 0. The molecule has 0 aliphatic carbocycles. The molecule has 0 saturated carbocycles. The van der Waals surface area contributed by atoms with Gasteiger partial charge in [0.25, 0.3) is 0 Å². The van der Waals surface area contributed by atoms with Crippen LogP contribution in [0.15, 0.2) is 18.5 Å². The summed E-state index contributed by atoms with van der Waals surface area (Å²) in [7, 11) is 0. The molecule has 0 bridgehead atoms. The van der Waals surface area contributed by atoms with Gasteiger partial charge in [-0.25, -0.2) is 0 Å². The van der Waals surface area contributed by atoms with Crippen LogP contribution >= 0.6 is 0 Å². The molecule has 1 aromatic heterocycles. The quantitative estimate of drug-likeness (QED) is 0.416. The first-order valence-corrected chi connectivity index (χ1v) is 1.58. The van der Waals surface area contributed by atoms with Gasteiger partial charge in [0.05, 0.1) is 12.4 Å². The van der Waals surface area contributed by atoms with Crippen molar-refractivity contribution in [2.45, 2.75) is 0 Å². The molecule has 0 unspecified atom stereocenters. The topological polar surface area (TPSA) is 38.7 Å². The third-order valence-corrected chi connectivity index (χ3v) is 0.409. The summed E-state index contributed by atoms with van der Waals surface area (Å²) in [6, 6.07) is 1.72. The van der Waals surface area contributed by atoms with E-state index in [0.717, 1.165) is 0 Å². The fourth-order valence-corrected chi connectivity index (χ4v) is 0.205. The molecule has 31 valence electrons. The van der Waals surface area contributed by atoms with Crippen LogP contribution in [-0.4, -0.2) is 45.0 Å². The number of hydrogen-bond donors (Lipinski definition) is 0. The smallest absolute Gasteiger partial charge is 0.0529 e. The van der Waals surface area contributed by atoms with Crippen molar-refractivity contribution in [3.8, 4) is 0 Å². The molecule has 0 aliphatic heterocycles. The van der Waals surface area contributed by atoms with Crippen LogP contribution in [0, 0.1) is 0 Å². The van der Waals surface area contributed by atoms with E-state index >= 15 is 0 Å². The molecular formula is C3H3N3Na. The largest absolute Gasteiger partial charge is 0.139 e. The van der Waals surface area contributed by atoms with Gasteiger partial charge < -0.3 is 0 Å². The van der Waals surface area contributed by atoms with Crippen molar-refractivity contribution in [3.05, 3.63) is 18.5 Å². The maximum Gasteiger partial charge on any atom is 0.0529 e. The van der Waals surface area contributed by atoms with Crippen LogP contribution in [0.25, 0.3) is 0 Å². The molecule has 0 N–H and O–H groups in total. The second kappa shape index (κ2) is 4.18. The Morgan fingerprint density at radius 1 is 1.00 bits per heavy atom. The Morgan fingerprint density at radius 3 is 1.71 bits per heavy atom. The molecule has 0 spiro atoms. The maximum atomic E-state index is 3.42. The van der Waals surface area contributed by atoms with Crippen molar-refractivity contribution in [3.63, 3.8) is 0 Å². The molecule has 1 radical (unpaired) electrons. The molecule has 0 fully saturated rings. The van der Waals surface area contributed by atoms with E-state index in [1.54, 1.807) is 18.5 Å². The first-order valence-electron chi connectivity index (χ1n) is 1.58. The Labute approximate surface area is 63.4 Å². The van der Waals surface area contributed by atoms with E-state index in [-0.39, 0.29) is 29.6 Å². The monoisotopic (exact) mass is 104 g/mol. The van der Waals surface area contributed by atoms with E-state index in [0.29, 0.717) is 0 Å². The number of aromatic nitrogens is 3. The molecule has 1 rings (SSSR count). The van der Waals surface area contributed by atoms with Crippen LogP contribution in [0.3, 0.4) is 0 Å². The second-order valence-corrected chi connectivity index (χ2v) is 0.811. The zero-order valence-electron chi connectivity index (χ0n) is 4.07. The van der Waals surface area contributed by atoms with Crippen LogP contribution in [0.5, 0.6) is 0 Å². The third-order valence-electron chi connectivity index (χ3n) is 0.409. The van der Waals surface area contributed by atoms with E-state index < -0.39 is 0 Å². The summed E-state index contributed by atoms with van der Waals surface area (Å²) >= 11 is 0. The van der Waals surface area contributed by atoms with Gasteiger partial charge in [-0.2, -0.15) is 0 Å². The Hall–Kier alpha value is 0.0100. The fraction of sp³-hybridized carbons (Fsp3) is 0. The summed E-state index contributed by atoms with van der Waals surface area (Å²) in [5, 5.41) is 10.1. The average molecular weight is 104 g/mol. The van der Waals surface area contributed by atoms with Crippen LogP contribution < -0.4 is 0 Å². The van der Waals surface area contributed by atoms with Crippen LogP contribution in [0.1, 0.15) is 0 Å². The van der Waals surface area contributed by atoms with Crippen LogP contribution in [0.2, 0.25) is 0 Å². The number of rotatable bonds is 0. The van der Waals surface area contributed by atoms with E-state index in [1.807, 2.05) is 0 Å². The summed E-state index contributed by atoms with van der Waals surface area (Å²) < 4.78 is 0. The standard InChI is InChI=1S/C3H3N3.Na/c1-2-4-6-5-3-1;/h1-3H;. The molecule has 0 amide bonds. The fourth-order valence-electron chi connectivity index (χ4n) is 0.205. The minimum Gasteiger partial charge on any atom is -0.139 e. The van der Waals surface area contributed by atoms with E-state index in [1.165, 1.54) is 0 Å². The minimum atomic E-state index is 0. The van der Waals surface area contributed by atoms with Gasteiger partial charge in [-0.15, -0.1) is 10.2 Å². The predicted octanol–water partition coefficient (Wildman–Crippen LogP) is -0.509. The molecule has 3 nitrogen and oxygen atoms in total. The molecule has 0 aromatic carbocycles. The van der Waals surface area contributed by atoms with Gasteiger partial charge in [0.15, 0.2) is 0 Å². The van der Waals surface area contributed by atoms with Gasteiger partial charge in [0, 0.05) is 29.6 Å². The summed E-state index contributed by atoms with van der Waals surface area (Å²) in [5.74, 6) is 0. The second-order valence-electron chi connectivity index (χ2n) is 0.811. The van der Waals surface area contributed by atoms with Crippen molar-refractivity contribution in [2.75, 3.05) is 0 Å². The van der Waals surface area contributed by atoms with Crippen molar-refractivity contribution >= 4 is 29.6 Å². The van der Waals surface area contributed by atoms with E-state index in [4.69, 9.17) is 0 Å².